The van der Waals surface area contributed by atoms with E-state index < -0.39 is 4.92 Å². The predicted octanol–water partition coefficient (Wildman–Crippen LogP) is 4.44. The van der Waals surface area contributed by atoms with Crippen molar-refractivity contribution in [2.75, 3.05) is 19.8 Å². The Kier molecular flexibility index (Phi) is 11.9. The molecule has 0 amide bonds. The molecule has 0 aliphatic heterocycles. The topological polar surface area (TPSA) is 88.8 Å². The van der Waals surface area contributed by atoms with Gasteiger partial charge in [-0.2, -0.15) is 0 Å². The predicted molar refractivity (Wildman–Crippen MR) is 127 cm³/mol. The van der Waals surface area contributed by atoms with Crippen LogP contribution in [0.1, 0.15) is 37.4 Å². The fraction of sp³-hybridized carbons (Fsp3) is 0.381. The third kappa shape index (κ3) is 9.23. The summed E-state index contributed by atoms with van der Waals surface area (Å²) >= 11 is 0. The lowest BCUT2D eigenvalue weighted by Crippen LogP contribution is -2.39. The normalized spacial score (nSPS) is 12.0. The summed E-state index contributed by atoms with van der Waals surface area (Å²) in [6.45, 7) is 6.65. The van der Waals surface area contributed by atoms with E-state index in [1.807, 2.05) is 25.1 Å². The van der Waals surface area contributed by atoms with E-state index in [4.69, 9.17) is 4.74 Å². The number of hydrogen-bond donors (Lipinski definition) is 2. The number of non-ortho nitro benzene ring substituents is 1. The van der Waals surface area contributed by atoms with Crippen molar-refractivity contribution in [3.05, 3.63) is 75.8 Å². The molecule has 1 unspecified atom stereocenters. The smallest absolute Gasteiger partial charge is 0.269 e. The van der Waals surface area contributed by atoms with E-state index in [0.29, 0.717) is 25.7 Å². The summed E-state index contributed by atoms with van der Waals surface area (Å²) in [5, 5.41) is 17.5. The highest BCUT2D eigenvalue weighted by atomic mass is 127. The Balaban J connectivity index is 0.00000420. The van der Waals surface area contributed by atoms with E-state index in [2.05, 4.69) is 34.7 Å². The number of ether oxygens (including phenoxy) is 1. The second-order valence-electron chi connectivity index (χ2n) is 6.34. The molecule has 8 heteroatoms. The Morgan fingerprint density at radius 3 is 2.48 bits per heavy atom. The van der Waals surface area contributed by atoms with Gasteiger partial charge in [-0.3, -0.25) is 10.1 Å². The highest BCUT2D eigenvalue weighted by molar-refractivity contribution is 14.0. The molecule has 2 aromatic carbocycles. The molecule has 0 aromatic heterocycles. The van der Waals surface area contributed by atoms with Crippen LogP contribution in [0.15, 0.2) is 59.6 Å². The molecule has 0 spiro atoms. The Morgan fingerprint density at radius 1 is 1.17 bits per heavy atom. The Hall–Kier alpha value is -2.20. The fourth-order valence-electron chi connectivity index (χ4n) is 2.60. The molecular weight excluding hydrogens is 483 g/mol. The molecule has 0 bridgehead atoms. The maximum absolute atomic E-state index is 10.8. The van der Waals surface area contributed by atoms with Crippen molar-refractivity contribution in [2.45, 2.75) is 32.9 Å². The van der Waals surface area contributed by atoms with Gasteiger partial charge >= 0.3 is 0 Å². The highest BCUT2D eigenvalue weighted by Crippen LogP contribution is 2.13. The number of guanidine groups is 1. The fourth-order valence-corrected chi connectivity index (χ4v) is 2.60. The second kappa shape index (κ2) is 13.9. The number of nitrogens with one attached hydrogen (secondary N) is 2. The SMILES string of the molecule is CCOCCCNC(=NCc1ccc([N+](=O)[O-])cc1)NC(C)c1ccccc1.I. The monoisotopic (exact) mass is 512 g/mol. The zero-order valence-corrected chi connectivity index (χ0v) is 19.2. The number of nitro groups is 1. The van der Waals surface area contributed by atoms with Gasteiger partial charge < -0.3 is 15.4 Å². The Morgan fingerprint density at radius 2 is 1.86 bits per heavy atom. The van der Waals surface area contributed by atoms with Gasteiger partial charge in [-0.25, -0.2) is 4.99 Å². The number of nitro benzene ring substituents is 1. The first-order valence-corrected chi connectivity index (χ1v) is 9.51. The number of rotatable bonds is 10. The zero-order chi connectivity index (χ0) is 20.2. The average Bonchev–Trinajstić information content (AvgIpc) is 2.72. The molecular formula is C21H29IN4O3. The molecule has 0 fully saturated rings. The van der Waals surface area contributed by atoms with E-state index >= 15 is 0 Å². The number of nitrogens with zero attached hydrogens (tertiary/aromatic N) is 2. The first-order valence-electron chi connectivity index (χ1n) is 9.51. The van der Waals surface area contributed by atoms with E-state index in [1.165, 1.54) is 17.7 Å². The standard InChI is InChI=1S/C21H28N4O3.HI/c1-3-28-15-7-14-22-21(24-17(2)19-8-5-4-6-9-19)23-16-18-10-12-20(13-11-18)25(26)27;/h4-6,8-13,17H,3,7,14-16H2,1-2H3,(H2,22,23,24);1H. The third-order valence-corrected chi connectivity index (χ3v) is 4.18. The van der Waals surface area contributed by atoms with Gasteiger partial charge in [0, 0.05) is 31.9 Å². The lowest BCUT2D eigenvalue weighted by Gasteiger charge is -2.19. The molecule has 2 rings (SSSR count). The van der Waals surface area contributed by atoms with Crippen LogP contribution < -0.4 is 10.6 Å². The zero-order valence-electron chi connectivity index (χ0n) is 16.8. The van der Waals surface area contributed by atoms with E-state index in [1.54, 1.807) is 12.1 Å². The van der Waals surface area contributed by atoms with Crippen molar-refractivity contribution in [3.63, 3.8) is 0 Å². The lowest BCUT2D eigenvalue weighted by atomic mass is 10.1. The van der Waals surface area contributed by atoms with Crippen LogP contribution in [-0.4, -0.2) is 30.6 Å². The molecule has 1 atom stereocenters. The quantitative estimate of drug-likeness (QED) is 0.123. The van der Waals surface area contributed by atoms with Gasteiger partial charge in [0.2, 0.25) is 0 Å². The summed E-state index contributed by atoms with van der Waals surface area (Å²) in [5.41, 5.74) is 2.16. The largest absolute Gasteiger partial charge is 0.382 e. The van der Waals surface area contributed by atoms with Crippen LogP contribution in [0, 0.1) is 10.1 Å². The molecule has 0 heterocycles. The molecule has 0 radical (unpaired) electrons. The van der Waals surface area contributed by atoms with Crippen LogP contribution in [-0.2, 0) is 11.3 Å². The Bertz CT molecular complexity index is 754. The van der Waals surface area contributed by atoms with E-state index in [9.17, 15) is 10.1 Å². The van der Waals surface area contributed by atoms with Crippen molar-refractivity contribution in [1.82, 2.24) is 10.6 Å². The minimum Gasteiger partial charge on any atom is -0.382 e. The number of halogens is 1. The van der Waals surface area contributed by atoms with Crippen molar-refractivity contribution >= 4 is 35.6 Å². The molecule has 0 aliphatic carbocycles. The van der Waals surface area contributed by atoms with Crippen molar-refractivity contribution in [1.29, 1.82) is 0 Å². The molecule has 7 nitrogen and oxygen atoms in total. The highest BCUT2D eigenvalue weighted by Gasteiger charge is 2.08. The minimum absolute atomic E-state index is 0. The summed E-state index contributed by atoms with van der Waals surface area (Å²) in [7, 11) is 0. The van der Waals surface area contributed by atoms with Crippen LogP contribution in [0.4, 0.5) is 5.69 Å². The molecule has 2 aromatic rings. The summed E-state index contributed by atoms with van der Waals surface area (Å²) in [6, 6.07) is 16.7. The van der Waals surface area contributed by atoms with Gasteiger partial charge in [-0.1, -0.05) is 42.5 Å². The van der Waals surface area contributed by atoms with E-state index in [-0.39, 0.29) is 35.7 Å². The van der Waals surface area contributed by atoms with Gasteiger partial charge in [-0.05, 0) is 31.4 Å². The van der Waals surface area contributed by atoms with E-state index in [0.717, 1.165) is 18.5 Å². The molecule has 0 saturated heterocycles. The van der Waals surface area contributed by atoms with Crippen LogP contribution in [0.5, 0.6) is 0 Å². The summed E-state index contributed by atoms with van der Waals surface area (Å²) in [6.07, 6.45) is 0.881. The number of aliphatic imine (C=N–C) groups is 1. The van der Waals surface area contributed by atoms with Gasteiger partial charge in [0.1, 0.15) is 0 Å². The summed E-state index contributed by atoms with van der Waals surface area (Å²) in [5.74, 6) is 0.700. The second-order valence-corrected chi connectivity index (χ2v) is 6.34. The van der Waals surface area contributed by atoms with Gasteiger partial charge in [0.15, 0.2) is 5.96 Å². The molecule has 2 N–H and O–H groups in total. The molecule has 158 valence electrons. The van der Waals surface area contributed by atoms with Crippen LogP contribution in [0.2, 0.25) is 0 Å². The Labute approximate surface area is 189 Å². The lowest BCUT2D eigenvalue weighted by molar-refractivity contribution is -0.384. The van der Waals surface area contributed by atoms with Crippen LogP contribution in [0.3, 0.4) is 0 Å². The van der Waals surface area contributed by atoms with Gasteiger partial charge in [0.05, 0.1) is 17.5 Å². The first kappa shape index (κ1) is 24.8. The third-order valence-electron chi connectivity index (χ3n) is 4.18. The first-order chi connectivity index (χ1) is 13.6. The molecule has 0 aliphatic rings. The molecule has 0 saturated carbocycles. The average molecular weight is 512 g/mol. The molecule has 29 heavy (non-hydrogen) atoms. The number of benzene rings is 2. The van der Waals surface area contributed by atoms with Crippen LogP contribution >= 0.6 is 24.0 Å². The van der Waals surface area contributed by atoms with Gasteiger partial charge in [0.25, 0.3) is 5.69 Å². The minimum atomic E-state index is -0.401. The summed E-state index contributed by atoms with van der Waals surface area (Å²) in [4.78, 5) is 15.0. The number of hydrogen-bond acceptors (Lipinski definition) is 4. The van der Waals surface area contributed by atoms with Crippen molar-refractivity contribution in [2.24, 2.45) is 4.99 Å². The summed E-state index contributed by atoms with van der Waals surface area (Å²) < 4.78 is 5.37. The van der Waals surface area contributed by atoms with Gasteiger partial charge in [-0.15, -0.1) is 24.0 Å². The maximum Gasteiger partial charge on any atom is 0.269 e. The van der Waals surface area contributed by atoms with Crippen LogP contribution in [0.25, 0.3) is 0 Å². The van der Waals surface area contributed by atoms with Crippen molar-refractivity contribution < 1.29 is 9.66 Å². The van der Waals surface area contributed by atoms with Crippen molar-refractivity contribution in [3.8, 4) is 0 Å². The maximum atomic E-state index is 10.8.